The highest BCUT2D eigenvalue weighted by molar-refractivity contribution is 7.93. The van der Waals surface area contributed by atoms with Crippen molar-refractivity contribution >= 4 is 27.3 Å². The first-order valence-electron chi connectivity index (χ1n) is 11.7. The van der Waals surface area contributed by atoms with Gasteiger partial charge >= 0.3 is 0 Å². The van der Waals surface area contributed by atoms with Crippen LogP contribution in [0.1, 0.15) is 45.0 Å². The van der Waals surface area contributed by atoms with Gasteiger partial charge in [-0.2, -0.15) is 4.98 Å². The number of amides is 1. The highest BCUT2D eigenvalue weighted by Crippen LogP contribution is 2.24. The van der Waals surface area contributed by atoms with Crippen LogP contribution >= 0.6 is 0 Å². The Morgan fingerprint density at radius 1 is 1.11 bits per heavy atom. The molecule has 10 nitrogen and oxygen atoms in total. The van der Waals surface area contributed by atoms with Crippen molar-refractivity contribution in [1.29, 1.82) is 0 Å². The van der Waals surface area contributed by atoms with Crippen LogP contribution in [-0.2, 0) is 14.8 Å². The topological polar surface area (TPSA) is 130 Å². The number of sulfonamides is 1. The highest BCUT2D eigenvalue weighted by Gasteiger charge is 2.27. The molecule has 0 radical (unpaired) electrons. The van der Waals surface area contributed by atoms with Gasteiger partial charge in [0.05, 0.1) is 0 Å². The molecule has 1 amide bonds. The van der Waals surface area contributed by atoms with Gasteiger partial charge in [0, 0.05) is 42.4 Å². The summed E-state index contributed by atoms with van der Waals surface area (Å²) in [5, 5.41) is 6.67. The lowest BCUT2D eigenvalue weighted by molar-refractivity contribution is -0.119. The number of hydrogen-bond acceptors (Lipinski definition) is 8. The van der Waals surface area contributed by atoms with Crippen LogP contribution in [0.15, 0.2) is 53.3 Å². The number of carbonyl (C=O) groups excluding carboxylic acids is 1. The molecule has 1 atom stereocenters. The van der Waals surface area contributed by atoms with E-state index in [1.165, 1.54) is 6.42 Å². The molecule has 4 rings (SSSR count). The van der Waals surface area contributed by atoms with Crippen LogP contribution in [0.4, 0.5) is 11.4 Å². The van der Waals surface area contributed by atoms with Crippen LogP contribution in [-0.4, -0.2) is 48.3 Å². The van der Waals surface area contributed by atoms with Crippen LogP contribution in [0, 0.1) is 5.92 Å². The molecule has 3 heterocycles. The van der Waals surface area contributed by atoms with Gasteiger partial charge in [-0.05, 0) is 61.6 Å². The van der Waals surface area contributed by atoms with E-state index in [4.69, 9.17) is 4.52 Å². The smallest absolute Gasteiger partial charge is 0.249 e. The molecule has 1 aliphatic rings. The lowest BCUT2D eigenvalue weighted by atomic mass is 10.0. The summed E-state index contributed by atoms with van der Waals surface area (Å²) in [4.78, 5) is 23.3. The molecule has 1 aliphatic heterocycles. The average molecular weight is 499 g/mol. The van der Waals surface area contributed by atoms with Crippen molar-refractivity contribution in [3.05, 3.63) is 54.7 Å². The number of nitrogens with one attached hydrogen (secondary N) is 2. The Kier molecular flexibility index (Phi) is 7.64. The zero-order valence-corrected chi connectivity index (χ0v) is 20.7. The number of nitrogens with zero attached hydrogens (tertiary/aromatic N) is 4. The van der Waals surface area contributed by atoms with E-state index in [2.05, 4.69) is 30.1 Å². The fourth-order valence-electron chi connectivity index (χ4n) is 3.98. The first kappa shape index (κ1) is 24.6. The van der Waals surface area contributed by atoms with Crippen molar-refractivity contribution in [2.24, 2.45) is 5.92 Å². The van der Waals surface area contributed by atoms with Gasteiger partial charge in [-0.25, -0.2) is 8.42 Å². The number of hydrogen-bond donors (Lipinski definition) is 2. The van der Waals surface area contributed by atoms with E-state index < -0.39 is 27.7 Å². The van der Waals surface area contributed by atoms with Gasteiger partial charge in [0.2, 0.25) is 27.6 Å². The van der Waals surface area contributed by atoms with E-state index in [-0.39, 0.29) is 11.8 Å². The van der Waals surface area contributed by atoms with Gasteiger partial charge in [-0.3, -0.25) is 14.5 Å². The molecule has 11 heteroatoms. The Morgan fingerprint density at radius 3 is 2.51 bits per heavy atom. The molecule has 0 saturated carbocycles. The van der Waals surface area contributed by atoms with Gasteiger partial charge in [0.15, 0.2) is 0 Å². The molecule has 0 spiro atoms. The van der Waals surface area contributed by atoms with Crippen molar-refractivity contribution in [2.45, 2.75) is 39.2 Å². The fraction of sp³-hybridized carbons (Fsp3) is 0.417. The zero-order valence-electron chi connectivity index (χ0n) is 19.8. The van der Waals surface area contributed by atoms with Crippen LogP contribution in [0.3, 0.4) is 0 Å². The Hall–Kier alpha value is -3.47. The summed E-state index contributed by atoms with van der Waals surface area (Å²) in [5.41, 5.74) is 2.15. The molecular weight excluding hydrogens is 468 g/mol. The molecule has 2 aromatic heterocycles. The third kappa shape index (κ3) is 6.56. The van der Waals surface area contributed by atoms with Gasteiger partial charge < -0.3 is 14.7 Å². The number of piperidine rings is 1. The summed E-state index contributed by atoms with van der Waals surface area (Å²) in [6.45, 7) is 5.75. The second-order valence-corrected chi connectivity index (χ2v) is 10.7. The standard InChI is InChI=1S/C24H30N6O4S/c1-17(2)22(24-27-23(28-34-24)18-7-6-12-25-15-18)26-21(31)16-35(32,33)29-19-8-10-20(11-9-19)30-13-4-3-5-14-30/h6-12,15,17,22,29H,3-5,13-14,16H2,1-2H3,(H,26,31). The van der Waals surface area contributed by atoms with Crippen LogP contribution < -0.4 is 14.9 Å². The minimum atomic E-state index is -3.91. The van der Waals surface area contributed by atoms with Gasteiger partial charge in [-0.1, -0.05) is 19.0 Å². The molecule has 1 unspecified atom stereocenters. The molecule has 0 aliphatic carbocycles. The van der Waals surface area contributed by atoms with Crippen molar-refractivity contribution in [2.75, 3.05) is 28.5 Å². The first-order chi connectivity index (χ1) is 16.8. The number of aromatic nitrogens is 3. The highest BCUT2D eigenvalue weighted by atomic mass is 32.2. The number of rotatable bonds is 9. The number of benzene rings is 1. The SMILES string of the molecule is CC(C)C(NC(=O)CS(=O)(=O)Nc1ccc(N2CCCCC2)cc1)c1nc(-c2cccnc2)no1. The quantitative estimate of drug-likeness (QED) is 0.459. The molecule has 1 aromatic carbocycles. The van der Waals surface area contributed by atoms with Gasteiger partial charge in [0.25, 0.3) is 0 Å². The summed E-state index contributed by atoms with van der Waals surface area (Å²) in [5.74, 6) is -0.962. The first-order valence-corrected chi connectivity index (χ1v) is 13.3. The number of anilines is 2. The van der Waals surface area contributed by atoms with Crippen molar-refractivity contribution in [3.8, 4) is 11.4 Å². The third-order valence-electron chi connectivity index (χ3n) is 5.79. The minimum absolute atomic E-state index is 0.112. The molecule has 35 heavy (non-hydrogen) atoms. The molecular formula is C24H30N6O4S. The van der Waals surface area contributed by atoms with Crippen LogP contribution in [0.25, 0.3) is 11.4 Å². The predicted molar refractivity (Wildman–Crippen MR) is 133 cm³/mol. The monoisotopic (exact) mass is 498 g/mol. The van der Waals surface area contributed by atoms with Gasteiger partial charge in [0.1, 0.15) is 11.8 Å². The second kappa shape index (κ2) is 10.9. The van der Waals surface area contributed by atoms with E-state index in [9.17, 15) is 13.2 Å². The maximum atomic E-state index is 12.6. The molecule has 1 saturated heterocycles. The Bertz CT molecular complexity index is 1220. The lowest BCUT2D eigenvalue weighted by Crippen LogP contribution is -2.37. The summed E-state index contributed by atoms with van der Waals surface area (Å²) in [7, 11) is -3.91. The predicted octanol–water partition coefficient (Wildman–Crippen LogP) is 3.38. The summed E-state index contributed by atoms with van der Waals surface area (Å²) < 4.78 is 33.1. The van der Waals surface area contributed by atoms with E-state index in [1.807, 2.05) is 26.0 Å². The summed E-state index contributed by atoms with van der Waals surface area (Å²) in [6, 6.07) is 10.1. The number of pyridine rings is 1. The summed E-state index contributed by atoms with van der Waals surface area (Å²) >= 11 is 0. The minimum Gasteiger partial charge on any atom is -0.372 e. The normalized spacial score (nSPS) is 15.1. The molecule has 0 bridgehead atoms. The maximum absolute atomic E-state index is 12.6. The molecule has 186 valence electrons. The Morgan fingerprint density at radius 2 is 1.86 bits per heavy atom. The molecule has 1 fully saturated rings. The van der Waals surface area contributed by atoms with E-state index in [0.717, 1.165) is 31.6 Å². The van der Waals surface area contributed by atoms with Crippen molar-refractivity contribution < 1.29 is 17.7 Å². The molecule has 3 aromatic rings. The molecule has 2 N–H and O–H groups in total. The number of carbonyl (C=O) groups is 1. The average Bonchev–Trinajstić information content (AvgIpc) is 3.33. The van der Waals surface area contributed by atoms with Crippen molar-refractivity contribution in [3.63, 3.8) is 0 Å². The van der Waals surface area contributed by atoms with E-state index in [1.54, 1.807) is 36.7 Å². The van der Waals surface area contributed by atoms with Crippen molar-refractivity contribution in [1.82, 2.24) is 20.4 Å². The largest absolute Gasteiger partial charge is 0.372 e. The van der Waals surface area contributed by atoms with E-state index in [0.29, 0.717) is 17.1 Å². The van der Waals surface area contributed by atoms with Crippen LogP contribution in [0.2, 0.25) is 0 Å². The van der Waals surface area contributed by atoms with E-state index >= 15 is 0 Å². The maximum Gasteiger partial charge on any atom is 0.249 e. The third-order valence-corrected chi connectivity index (χ3v) is 6.98. The lowest BCUT2D eigenvalue weighted by Gasteiger charge is -2.28. The second-order valence-electron chi connectivity index (χ2n) is 8.94. The Balaban J connectivity index is 1.37. The summed E-state index contributed by atoms with van der Waals surface area (Å²) in [6.07, 6.45) is 6.81. The van der Waals surface area contributed by atoms with Crippen LogP contribution in [0.5, 0.6) is 0 Å². The Labute approximate surface area is 205 Å². The van der Waals surface area contributed by atoms with Gasteiger partial charge in [-0.15, -0.1) is 0 Å². The fourth-order valence-corrected chi connectivity index (χ4v) is 4.98. The zero-order chi connectivity index (χ0) is 24.8.